The van der Waals surface area contributed by atoms with E-state index in [9.17, 15) is 9.59 Å². The molecule has 10 heteroatoms. The maximum Gasteiger partial charge on any atom is 0.352 e. The molecule has 0 amide bonds. The van der Waals surface area contributed by atoms with E-state index in [1.165, 1.54) is 11.7 Å². The Morgan fingerprint density at radius 3 is 2.46 bits per heavy atom. The number of aromatic nitrogens is 7. The molecule has 1 aromatic carbocycles. The molecule has 0 fully saturated rings. The molecule has 2 aliphatic heterocycles. The molecule has 0 saturated heterocycles. The Labute approximate surface area is 159 Å². The highest BCUT2D eigenvalue weighted by molar-refractivity contribution is 5.60. The van der Waals surface area contributed by atoms with Gasteiger partial charge in [-0.05, 0) is 24.3 Å². The first-order valence-electron chi connectivity index (χ1n) is 8.44. The minimum absolute atomic E-state index is 0.0890. The van der Waals surface area contributed by atoms with Crippen LogP contribution in [0.1, 0.15) is 5.69 Å². The Bertz CT molecular complexity index is 1240. The van der Waals surface area contributed by atoms with E-state index in [1.54, 1.807) is 43.8 Å². The zero-order valence-corrected chi connectivity index (χ0v) is 15.5. The third-order valence-corrected chi connectivity index (χ3v) is 4.39. The quantitative estimate of drug-likeness (QED) is 0.503. The van der Waals surface area contributed by atoms with E-state index < -0.39 is 11.2 Å². The highest BCUT2D eigenvalue weighted by Gasteiger charge is 2.19. The van der Waals surface area contributed by atoms with E-state index in [-0.39, 0.29) is 11.5 Å². The van der Waals surface area contributed by atoms with Gasteiger partial charge in [-0.3, -0.25) is 9.36 Å². The van der Waals surface area contributed by atoms with Crippen LogP contribution in [0, 0.1) is 0 Å². The largest absolute Gasteiger partial charge is 0.487 e. The van der Waals surface area contributed by atoms with Crippen LogP contribution in [0.5, 0.6) is 5.75 Å². The van der Waals surface area contributed by atoms with Crippen molar-refractivity contribution in [3.05, 3.63) is 63.3 Å². The van der Waals surface area contributed by atoms with Crippen LogP contribution in [0.2, 0.25) is 0 Å². The van der Waals surface area contributed by atoms with Crippen molar-refractivity contribution in [2.45, 2.75) is 6.61 Å². The van der Waals surface area contributed by atoms with E-state index in [1.807, 2.05) is 11.6 Å². The number of imidazole rings is 1. The molecule has 10 nitrogen and oxygen atoms in total. The average molecular weight is 379 g/mol. The summed E-state index contributed by atoms with van der Waals surface area (Å²) in [6, 6.07) is 7.21. The zero-order chi connectivity index (χ0) is 19.8. The van der Waals surface area contributed by atoms with Crippen LogP contribution in [-0.2, 0) is 27.7 Å². The second-order valence-corrected chi connectivity index (χ2v) is 6.30. The molecule has 0 atom stereocenters. The molecule has 0 bridgehead atoms. The molecule has 2 aliphatic rings. The Morgan fingerprint density at radius 2 is 1.79 bits per heavy atom. The summed E-state index contributed by atoms with van der Waals surface area (Å²) in [6.45, 7) is 0.399. The minimum atomic E-state index is -0.639. The molecule has 4 rings (SSSR count). The number of nitrogens with zero attached hydrogens (tertiary/aromatic N) is 7. The lowest BCUT2D eigenvalue weighted by Gasteiger charge is -2.11. The van der Waals surface area contributed by atoms with Gasteiger partial charge >= 0.3 is 5.69 Å². The van der Waals surface area contributed by atoms with Gasteiger partial charge in [-0.15, -0.1) is 0 Å². The van der Waals surface area contributed by atoms with E-state index >= 15 is 0 Å². The van der Waals surface area contributed by atoms with Gasteiger partial charge in [0.15, 0.2) is 17.3 Å². The van der Waals surface area contributed by atoms with Crippen molar-refractivity contribution in [1.29, 1.82) is 0 Å². The van der Waals surface area contributed by atoms with Crippen LogP contribution in [0.4, 0.5) is 0 Å². The molecule has 0 radical (unpaired) electrons. The van der Waals surface area contributed by atoms with Gasteiger partial charge in [0.2, 0.25) is 0 Å². The van der Waals surface area contributed by atoms with Crippen LogP contribution in [-0.4, -0.2) is 33.9 Å². The first-order chi connectivity index (χ1) is 13.4. The van der Waals surface area contributed by atoms with Gasteiger partial charge in [0.25, 0.3) is 5.56 Å². The van der Waals surface area contributed by atoms with Crippen LogP contribution < -0.4 is 16.0 Å². The molecule has 0 saturated carbocycles. The van der Waals surface area contributed by atoms with Gasteiger partial charge in [-0.2, -0.15) is 10.1 Å². The van der Waals surface area contributed by atoms with Gasteiger partial charge in [-0.1, -0.05) is 0 Å². The van der Waals surface area contributed by atoms with E-state index in [2.05, 4.69) is 20.1 Å². The van der Waals surface area contributed by atoms with E-state index in [0.717, 1.165) is 10.3 Å². The molecule has 0 aliphatic carbocycles. The number of hydrogen-bond acceptors (Lipinski definition) is 7. The summed E-state index contributed by atoms with van der Waals surface area (Å²) in [7, 11) is 4.89. The lowest BCUT2D eigenvalue weighted by Crippen LogP contribution is -2.36. The molecule has 0 spiro atoms. The molecular formula is C18H17N7O3. The number of benzene rings is 1. The number of ether oxygens (including phenoxy) is 1. The second kappa shape index (κ2) is 6.72. The Hall–Kier alpha value is -3.82. The van der Waals surface area contributed by atoms with Crippen molar-refractivity contribution in [2.75, 3.05) is 0 Å². The number of hydrogen-bond donors (Lipinski definition) is 0. The number of rotatable bonds is 4. The molecule has 1 aromatic heterocycles. The van der Waals surface area contributed by atoms with Gasteiger partial charge in [0.1, 0.15) is 12.4 Å². The predicted octanol–water partition coefficient (Wildman–Crippen LogP) is 0.353. The summed E-state index contributed by atoms with van der Waals surface area (Å²) in [5.74, 6) is 1.18. The van der Waals surface area contributed by atoms with Gasteiger partial charge < -0.3 is 9.30 Å². The first kappa shape index (κ1) is 17.6. The molecule has 0 N–H and O–H groups in total. The standard InChI is InChI=1S/C18H17N7O3/c1-23-10-19-8-12(23)9-28-13-6-4-11(5-7-13)15-20-14-16(25(3)22-15)21-18(27)24(2)17(14)26/h4-8,10H,9H2,1-3H3. The van der Waals surface area contributed by atoms with Gasteiger partial charge in [0, 0.05) is 26.7 Å². The third-order valence-electron chi connectivity index (χ3n) is 4.39. The summed E-state index contributed by atoms with van der Waals surface area (Å²) in [5, 5.41) is 4.31. The summed E-state index contributed by atoms with van der Waals surface area (Å²) in [6.07, 6.45) is 3.47. The van der Waals surface area contributed by atoms with Crippen molar-refractivity contribution in [1.82, 2.24) is 33.9 Å². The van der Waals surface area contributed by atoms with Gasteiger partial charge in [0.05, 0.1) is 18.2 Å². The third kappa shape index (κ3) is 3.04. The maximum absolute atomic E-state index is 12.4. The second-order valence-electron chi connectivity index (χ2n) is 6.30. The summed E-state index contributed by atoms with van der Waals surface area (Å²) in [4.78, 5) is 36.3. The van der Waals surface area contributed by atoms with Crippen LogP contribution in [0.3, 0.4) is 0 Å². The van der Waals surface area contributed by atoms with Gasteiger partial charge in [-0.25, -0.2) is 19.4 Å². The van der Waals surface area contributed by atoms with Crippen molar-refractivity contribution >= 4 is 0 Å². The SMILES string of the molecule is Cn1cncc1COc1ccc(-c2nc3c(=O)n(C)c(=O)nc-3n(C)n2)cc1. The molecule has 28 heavy (non-hydrogen) atoms. The molecule has 0 unspecified atom stereocenters. The number of aryl methyl sites for hydroxylation is 2. The highest BCUT2D eigenvalue weighted by Crippen LogP contribution is 2.21. The summed E-state index contributed by atoms with van der Waals surface area (Å²) >= 11 is 0. The molecule has 2 aromatic rings. The molecule has 142 valence electrons. The fraction of sp³-hybridized carbons (Fsp3) is 0.222. The Kier molecular flexibility index (Phi) is 4.22. The fourth-order valence-electron chi connectivity index (χ4n) is 2.70. The first-order valence-corrected chi connectivity index (χ1v) is 8.44. The Morgan fingerprint density at radius 1 is 1.04 bits per heavy atom. The summed E-state index contributed by atoms with van der Waals surface area (Å²) in [5.41, 5.74) is 0.601. The van der Waals surface area contributed by atoms with E-state index in [0.29, 0.717) is 23.7 Å². The van der Waals surface area contributed by atoms with E-state index in [4.69, 9.17) is 4.74 Å². The lowest BCUT2D eigenvalue weighted by atomic mass is 10.2. The van der Waals surface area contributed by atoms with Crippen molar-refractivity contribution in [2.24, 2.45) is 21.1 Å². The minimum Gasteiger partial charge on any atom is -0.487 e. The zero-order valence-electron chi connectivity index (χ0n) is 15.5. The average Bonchev–Trinajstić information content (AvgIpc) is 3.10. The lowest BCUT2D eigenvalue weighted by molar-refractivity contribution is 0.297. The normalized spacial score (nSPS) is 11.1. The van der Waals surface area contributed by atoms with Crippen molar-refractivity contribution in [3.63, 3.8) is 0 Å². The monoisotopic (exact) mass is 379 g/mol. The van der Waals surface area contributed by atoms with Crippen molar-refractivity contribution < 1.29 is 4.74 Å². The maximum atomic E-state index is 12.4. The highest BCUT2D eigenvalue weighted by atomic mass is 16.5. The summed E-state index contributed by atoms with van der Waals surface area (Å²) < 4.78 is 9.95. The van der Waals surface area contributed by atoms with Crippen LogP contribution in [0.15, 0.2) is 46.4 Å². The molecular weight excluding hydrogens is 362 g/mol. The Balaban J connectivity index is 1.65. The number of fused-ring (bicyclic) bond motifs is 1. The predicted molar refractivity (Wildman–Crippen MR) is 99.9 cm³/mol. The topological polar surface area (TPSA) is 110 Å². The fourth-order valence-corrected chi connectivity index (χ4v) is 2.70. The van der Waals surface area contributed by atoms with Crippen LogP contribution >= 0.6 is 0 Å². The van der Waals surface area contributed by atoms with Crippen LogP contribution in [0.25, 0.3) is 22.9 Å². The smallest absolute Gasteiger partial charge is 0.352 e. The molecule has 3 heterocycles. The van der Waals surface area contributed by atoms with Crippen molar-refractivity contribution in [3.8, 4) is 28.7 Å².